The Morgan fingerprint density at radius 2 is 1.86 bits per heavy atom. The van der Waals surface area contributed by atoms with Crippen LogP contribution in [0.4, 0.5) is 24.5 Å². The van der Waals surface area contributed by atoms with Gasteiger partial charge < -0.3 is 19.1 Å². The summed E-state index contributed by atoms with van der Waals surface area (Å²) < 4.78 is 53.3. The van der Waals surface area contributed by atoms with E-state index in [0.29, 0.717) is 6.07 Å². The van der Waals surface area contributed by atoms with Crippen molar-refractivity contribution in [2.45, 2.75) is 6.18 Å². The third-order valence-corrected chi connectivity index (χ3v) is 3.96. The molecule has 0 atom stereocenters. The van der Waals surface area contributed by atoms with Gasteiger partial charge in [0.1, 0.15) is 18.1 Å². The lowest BCUT2D eigenvalue weighted by Crippen LogP contribution is -2.39. The summed E-state index contributed by atoms with van der Waals surface area (Å²) >= 11 is 5.90. The fraction of sp³-hybridized carbons (Fsp3) is 0.333. The Hall–Kier alpha value is -2.86. The summed E-state index contributed by atoms with van der Waals surface area (Å²) in [5, 5.41) is 10.7. The molecule has 1 aliphatic rings. The van der Waals surface area contributed by atoms with Crippen LogP contribution >= 0.6 is 11.6 Å². The van der Waals surface area contributed by atoms with Crippen molar-refractivity contribution in [1.82, 2.24) is 0 Å². The number of nitrogens with zero attached hydrogens (tertiary/aromatic N) is 2. The van der Waals surface area contributed by atoms with Gasteiger partial charge in [-0.3, -0.25) is 10.1 Å². The minimum atomic E-state index is -4.90. The molecule has 13 heteroatoms. The molecule has 28 heavy (non-hydrogen) atoms. The number of hydrogen-bond donors (Lipinski definition) is 0. The maximum atomic E-state index is 13.0. The van der Waals surface area contributed by atoms with Gasteiger partial charge in [0.15, 0.2) is 0 Å². The molecule has 0 N–H and O–H groups in total. The summed E-state index contributed by atoms with van der Waals surface area (Å²) in [6, 6.07) is 0.730. The molecule has 0 spiro atoms. The van der Waals surface area contributed by atoms with Crippen LogP contribution in [0, 0.1) is 10.1 Å². The maximum Gasteiger partial charge on any atom is 0.416 e. The van der Waals surface area contributed by atoms with Crippen molar-refractivity contribution in [3.8, 4) is 0 Å². The van der Waals surface area contributed by atoms with E-state index in [0.717, 1.165) is 19.1 Å². The highest BCUT2D eigenvalue weighted by molar-refractivity contribution is 6.34. The molecule has 0 bridgehead atoms. The summed E-state index contributed by atoms with van der Waals surface area (Å²) in [7, 11) is 2.01. The van der Waals surface area contributed by atoms with Crippen LogP contribution in [0.2, 0.25) is 5.02 Å². The van der Waals surface area contributed by atoms with Gasteiger partial charge in [0.2, 0.25) is 0 Å². The lowest BCUT2D eigenvalue weighted by atomic mass is 10.1. The number of nitro benzene ring substituents is 1. The van der Waals surface area contributed by atoms with E-state index in [2.05, 4.69) is 9.47 Å². The number of benzene rings is 1. The first-order valence-corrected chi connectivity index (χ1v) is 7.70. The minimum Gasteiger partial charge on any atom is -0.466 e. The highest BCUT2D eigenvalue weighted by Crippen LogP contribution is 2.43. The molecule has 1 aromatic carbocycles. The molecule has 1 heterocycles. The molecule has 0 saturated heterocycles. The van der Waals surface area contributed by atoms with E-state index in [1.165, 1.54) is 0 Å². The lowest BCUT2D eigenvalue weighted by Gasteiger charge is -2.31. The highest BCUT2D eigenvalue weighted by Gasteiger charge is 2.39. The van der Waals surface area contributed by atoms with Gasteiger partial charge in [0, 0.05) is 6.07 Å². The summed E-state index contributed by atoms with van der Waals surface area (Å²) in [6.07, 6.45) is -4.90. The Morgan fingerprint density at radius 3 is 2.36 bits per heavy atom. The molecule has 0 unspecified atom stereocenters. The zero-order valence-corrected chi connectivity index (χ0v) is 15.1. The van der Waals surface area contributed by atoms with Gasteiger partial charge in [-0.25, -0.2) is 9.59 Å². The van der Waals surface area contributed by atoms with Crippen molar-refractivity contribution in [1.29, 1.82) is 0 Å². The van der Waals surface area contributed by atoms with Crippen LogP contribution in [0.15, 0.2) is 23.4 Å². The van der Waals surface area contributed by atoms with Gasteiger partial charge in [-0.2, -0.15) is 13.2 Å². The number of anilines is 1. The summed E-state index contributed by atoms with van der Waals surface area (Å²) in [4.78, 5) is 35.3. The highest BCUT2D eigenvalue weighted by atomic mass is 35.5. The van der Waals surface area contributed by atoms with Crippen LogP contribution in [0.5, 0.6) is 0 Å². The maximum absolute atomic E-state index is 13.0. The second kappa shape index (κ2) is 8.02. The van der Waals surface area contributed by atoms with Gasteiger partial charge >= 0.3 is 18.1 Å². The Bertz CT molecular complexity index is 870. The number of alkyl halides is 3. The first kappa shape index (κ1) is 21.4. The number of halogens is 4. The summed E-state index contributed by atoms with van der Waals surface area (Å²) in [5.74, 6) is -2.08. The fourth-order valence-corrected chi connectivity index (χ4v) is 2.79. The monoisotopic (exact) mass is 424 g/mol. The molecular weight excluding hydrogens is 413 g/mol. The normalized spacial score (nSPS) is 14.7. The van der Waals surface area contributed by atoms with Crippen LogP contribution in [-0.4, -0.2) is 44.4 Å². The van der Waals surface area contributed by atoms with Crippen LogP contribution in [0.25, 0.3) is 0 Å². The van der Waals surface area contributed by atoms with E-state index < -0.39 is 57.4 Å². The summed E-state index contributed by atoms with van der Waals surface area (Å²) in [6.45, 7) is -0.906. The third kappa shape index (κ3) is 4.02. The topological polar surface area (TPSA) is 108 Å². The number of hydrogen-bond acceptors (Lipinski definition) is 8. The molecule has 1 aromatic rings. The predicted molar refractivity (Wildman–Crippen MR) is 87.5 cm³/mol. The van der Waals surface area contributed by atoms with E-state index in [9.17, 15) is 32.9 Å². The third-order valence-electron chi connectivity index (χ3n) is 3.67. The molecule has 0 aromatic heterocycles. The number of methoxy groups -OCH3 is 2. The average Bonchev–Trinajstić information content (AvgIpc) is 2.64. The van der Waals surface area contributed by atoms with Gasteiger partial charge in [-0.15, -0.1) is 0 Å². The van der Waals surface area contributed by atoms with Gasteiger partial charge in [0.05, 0.1) is 41.9 Å². The number of rotatable bonds is 4. The van der Waals surface area contributed by atoms with Crippen molar-refractivity contribution in [3.63, 3.8) is 0 Å². The molecule has 0 aliphatic carbocycles. The Kier molecular flexibility index (Phi) is 6.14. The van der Waals surface area contributed by atoms with Gasteiger partial charge in [0.25, 0.3) is 5.69 Å². The van der Waals surface area contributed by atoms with E-state index in [1.807, 2.05) is 0 Å². The van der Waals surface area contributed by atoms with Crippen LogP contribution in [-0.2, 0) is 30.0 Å². The number of esters is 2. The number of carbonyl (C=O) groups excluding carboxylic acids is 2. The standard InChI is InChI=1S/C15H12ClF3N2O7/c1-26-13(22)8-5-28-6-20(11(8)14(23)27-2)12-9(16)3-7(15(17,18)19)4-10(12)21(24)25/h3-4H,5-6H2,1-2H3. The number of carbonyl (C=O) groups is 2. The zero-order valence-electron chi connectivity index (χ0n) is 14.3. The van der Waals surface area contributed by atoms with Crippen LogP contribution in [0.3, 0.4) is 0 Å². The van der Waals surface area contributed by atoms with Crippen LogP contribution in [0.1, 0.15) is 5.56 Å². The molecule has 2 rings (SSSR count). The lowest BCUT2D eigenvalue weighted by molar-refractivity contribution is -0.384. The summed E-state index contributed by atoms with van der Waals surface area (Å²) in [5.41, 5.74) is -3.81. The minimum absolute atomic E-state index is 0.266. The Morgan fingerprint density at radius 1 is 1.25 bits per heavy atom. The Balaban J connectivity index is 2.79. The molecule has 1 aliphatic heterocycles. The Labute approximate surface area is 160 Å². The second-order valence-corrected chi connectivity index (χ2v) is 5.70. The molecular formula is C15H12ClF3N2O7. The number of nitro groups is 1. The van der Waals surface area contributed by atoms with E-state index >= 15 is 0 Å². The van der Waals surface area contributed by atoms with E-state index in [1.54, 1.807) is 0 Å². The van der Waals surface area contributed by atoms with E-state index in [-0.39, 0.29) is 18.2 Å². The van der Waals surface area contributed by atoms with Crippen molar-refractivity contribution in [2.75, 3.05) is 32.5 Å². The number of ether oxygens (including phenoxy) is 3. The van der Waals surface area contributed by atoms with Crippen molar-refractivity contribution < 1.29 is 41.9 Å². The molecule has 9 nitrogen and oxygen atoms in total. The first-order chi connectivity index (χ1) is 13.0. The zero-order chi connectivity index (χ0) is 21.2. The molecule has 0 amide bonds. The molecule has 152 valence electrons. The van der Waals surface area contributed by atoms with Gasteiger partial charge in [-0.1, -0.05) is 11.6 Å². The van der Waals surface area contributed by atoms with Crippen LogP contribution < -0.4 is 4.90 Å². The average molecular weight is 425 g/mol. The first-order valence-electron chi connectivity index (χ1n) is 7.33. The quantitative estimate of drug-likeness (QED) is 0.412. The van der Waals surface area contributed by atoms with Crippen molar-refractivity contribution >= 4 is 34.9 Å². The fourth-order valence-electron chi connectivity index (χ4n) is 2.47. The molecule has 0 radical (unpaired) electrons. The largest absolute Gasteiger partial charge is 0.466 e. The van der Waals surface area contributed by atoms with Crippen molar-refractivity contribution in [2.24, 2.45) is 0 Å². The molecule has 0 fully saturated rings. The molecule has 0 saturated carbocycles. The van der Waals surface area contributed by atoms with Crippen molar-refractivity contribution in [3.05, 3.63) is 44.1 Å². The van der Waals surface area contributed by atoms with Gasteiger partial charge in [-0.05, 0) is 6.07 Å². The van der Waals surface area contributed by atoms with E-state index in [4.69, 9.17) is 16.3 Å². The SMILES string of the molecule is COC(=O)C1=C(C(=O)OC)N(c2c(Cl)cc(C(F)(F)F)cc2[N+](=O)[O-])COC1. The smallest absolute Gasteiger partial charge is 0.416 e. The second-order valence-electron chi connectivity index (χ2n) is 5.30. The predicted octanol–water partition coefficient (Wildman–Crippen LogP) is 2.66.